The molecule has 0 unspecified atom stereocenters. The molecule has 2 N–H and O–H groups in total. The van der Waals surface area contributed by atoms with E-state index >= 15 is 0 Å². The molecule has 2 rings (SSSR count). The Bertz CT molecular complexity index is 502. The molecule has 86 valence electrons. The van der Waals surface area contributed by atoms with Crippen LogP contribution in [-0.4, -0.2) is 19.6 Å². The van der Waals surface area contributed by atoms with E-state index < -0.39 is 3.92 Å². The molecule has 0 fully saturated rings. The highest BCUT2D eigenvalue weighted by molar-refractivity contribution is 7.81. The molecule has 7 heteroatoms. The second-order valence-corrected chi connectivity index (χ2v) is 5.94. The Labute approximate surface area is 112 Å². The summed E-state index contributed by atoms with van der Waals surface area (Å²) in [5, 5.41) is 19.8. The first-order valence-corrected chi connectivity index (χ1v) is 5.82. The van der Waals surface area contributed by atoms with Crippen LogP contribution in [0.5, 0.6) is 11.8 Å². The van der Waals surface area contributed by atoms with Crippen LogP contribution < -0.4 is 0 Å². The van der Waals surface area contributed by atoms with Gasteiger partial charge in [0, 0.05) is 5.56 Å². The molecule has 0 saturated carbocycles. The molecule has 0 aliphatic heterocycles. The van der Waals surface area contributed by atoms with Gasteiger partial charge in [-0.3, -0.25) is 0 Å². The Hall–Kier alpha value is -0.420. The number of halogens is 3. The Morgan fingerprint density at radius 3 is 2.38 bits per heavy atom. The zero-order valence-electron chi connectivity index (χ0n) is 7.75. The molecule has 0 amide bonds. The average Bonchev–Trinajstić information content (AvgIpc) is 2.39. The summed E-state index contributed by atoms with van der Waals surface area (Å²) in [6, 6.07) is 0. The van der Waals surface area contributed by atoms with Crippen molar-refractivity contribution < 1.29 is 10.2 Å². The molecule has 1 aromatic rings. The van der Waals surface area contributed by atoms with Crippen molar-refractivity contribution in [3.63, 3.8) is 0 Å². The number of aromatic hydroxyl groups is 2. The van der Waals surface area contributed by atoms with E-state index in [2.05, 4.69) is 0 Å². The zero-order chi connectivity index (χ0) is 12.1. The molecule has 1 aliphatic rings. The smallest absolute Gasteiger partial charge is 0.277 e. The van der Waals surface area contributed by atoms with Gasteiger partial charge in [-0.2, -0.15) is 0 Å². The van der Waals surface area contributed by atoms with Crippen molar-refractivity contribution >= 4 is 51.9 Å². The lowest BCUT2D eigenvalue weighted by atomic mass is 10.0. The van der Waals surface area contributed by atoms with E-state index in [4.69, 9.17) is 47.0 Å². The molecule has 16 heavy (non-hydrogen) atoms. The molecule has 0 atom stereocenters. The fraction of sp³-hybridized carbons (Fsp3) is 0.222. The van der Waals surface area contributed by atoms with Crippen molar-refractivity contribution in [2.45, 2.75) is 10.3 Å². The number of aromatic nitrogens is 1. The minimum atomic E-state index is -1.96. The van der Waals surface area contributed by atoms with E-state index in [1.54, 1.807) is 12.2 Å². The van der Waals surface area contributed by atoms with Crippen molar-refractivity contribution in [3.8, 4) is 11.8 Å². The molecular weight excluding hydrogens is 293 g/mol. The normalized spacial score (nSPS) is 15.3. The molecule has 0 aromatic carbocycles. The van der Waals surface area contributed by atoms with E-state index in [1.807, 2.05) is 0 Å². The quantitative estimate of drug-likeness (QED) is 0.572. The molecule has 1 heterocycles. The van der Waals surface area contributed by atoms with Crippen LogP contribution in [0.1, 0.15) is 11.1 Å². The van der Waals surface area contributed by atoms with Crippen molar-refractivity contribution in [3.05, 3.63) is 23.3 Å². The third-order valence-corrected chi connectivity index (χ3v) is 3.16. The number of thiocarbonyl (C=S) groups is 1. The van der Waals surface area contributed by atoms with Gasteiger partial charge in [0.25, 0.3) is 3.92 Å². The lowest BCUT2D eigenvalue weighted by Crippen LogP contribution is -2.11. The first kappa shape index (κ1) is 12.0. The molecule has 0 bridgehead atoms. The lowest BCUT2D eigenvalue weighted by Gasteiger charge is -2.15. The second kappa shape index (κ2) is 3.81. The highest BCUT2D eigenvalue weighted by Gasteiger charge is 2.35. The van der Waals surface area contributed by atoms with E-state index in [0.717, 1.165) is 4.57 Å². The highest BCUT2D eigenvalue weighted by atomic mass is 35.6. The van der Waals surface area contributed by atoms with Crippen LogP contribution in [-0.2, 0) is 10.3 Å². The van der Waals surface area contributed by atoms with Crippen LogP contribution >= 0.6 is 47.0 Å². The van der Waals surface area contributed by atoms with Gasteiger partial charge in [0.15, 0.2) is 0 Å². The van der Waals surface area contributed by atoms with Gasteiger partial charge in [0.05, 0.1) is 10.4 Å². The van der Waals surface area contributed by atoms with Crippen LogP contribution in [0.4, 0.5) is 0 Å². The van der Waals surface area contributed by atoms with E-state index in [1.165, 1.54) is 0 Å². The predicted molar refractivity (Wildman–Crippen MR) is 67.8 cm³/mol. The SMILES string of the molecule is Oc1c2c(c(O)n1C(Cl)(Cl)Cl)C(=S)C=CC2. The first-order chi connectivity index (χ1) is 7.34. The van der Waals surface area contributed by atoms with Gasteiger partial charge in [-0.05, 0) is 12.5 Å². The van der Waals surface area contributed by atoms with Crippen LogP contribution in [0.3, 0.4) is 0 Å². The topological polar surface area (TPSA) is 45.4 Å². The maximum absolute atomic E-state index is 9.89. The minimum absolute atomic E-state index is 0.279. The summed E-state index contributed by atoms with van der Waals surface area (Å²) in [6.45, 7) is 0. The fourth-order valence-corrected chi connectivity index (χ4v) is 2.44. The number of nitrogens with zero attached hydrogens (tertiary/aromatic N) is 1. The maximum Gasteiger partial charge on any atom is 0.277 e. The summed E-state index contributed by atoms with van der Waals surface area (Å²) in [4.78, 5) is 0.405. The van der Waals surface area contributed by atoms with Crippen molar-refractivity contribution in [2.75, 3.05) is 0 Å². The third kappa shape index (κ3) is 1.70. The largest absolute Gasteiger partial charge is 0.494 e. The molecule has 1 aliphatic carbocycles. The lowest BCUT2D eigenvalue weighted by molar-refractivity contribution is 0.372. The van der Waals surface area contributed by atoms with Crippen molar-refractivity contribution in [1.82, 2.24) is 4.57 Å². The van der Waals surface area contributed by atoms with E-state index in [0.29, 0.717) is 22.4 Å². The number of hydrogen-bond acceptors (Lipinski definition) is 3. The van der Waals surface area contributed by atoms with Gasteiger partial charge in [0.2, 0.25) is 11.8 Å². The van der Waals surface area contributed by atoms with Crippen molar-refractivity contribution in [2.24, 2.45) is 0 Å². The summed E-state index contributed by atoms with van der Waals surface area (Å²) in [5.41, 5.74) is 0.817. The molecule has 3 nitrogen and oxygen atoms in total. The number of hydrogen-bond donors (Lipinski definition) is 2. The number of alkyl halides is 3. The maximum atomic E-state index is 9.89. The van der Waals surface area contributed by atoms with Crippen LogP contribution in [0.25, 0.3) is 0 Å². The summed E-state index contributed by atoms with van der Waals surface area (Å²) >= 11 is 22.0. The number of allylic oxidation sites excluding steroid dienone is 2. The number of fused-ring (bicyclic) bond motifs is 1. The molecule has 0 saturated heterocycles. The van der Waals surface area contributed by atoms with Gasteiger partial charge < -0.3 is 10.2 Å². The van der Waals surface area contributed by atoms with Crippen LogP contribution in [0.2, 0.25) is 0 Å². The first-order valence-electron chi connectivity index (χ1n) is 4.27. The molecule has 0 spiro atoms. The van der Waals surface area contributed by atoms with Crippen LogP contribution in [0, 0.1) is 0 Å². The fourth-order valence-electron chi connectivity index (χ4n) is 1.65. The zero-order valence-corrected chi connectivity index (χ0v) is 10.8. The highest BCUT2D eigenvalue weighted by Crippen LogP contribution is 2.46. The Balaban J connectivity index is 2.73. The predicted octanol–water partition coefficient (Wildman–Crippen LogP) is 3.01. The summed E-state index contributed by atoms with van der Waals surface area (Å²) < 4.78 is -1.14. The third-order valence-electron chi connectivity index (χ3n) is 2.31. The van der Waals surface area contributed by atoms with Gasteiger partial charge in [-0.1, -0.05) is 53.1 Å². The minimum Gasteiger partial charge on any atom is -0.494 e. The Morgan fingerprint density at radius 1 is 1.25 bits per heavy atom. The standard InChI is InChI=1S/C9H6Cl3NO2S/c10-9(11,12)13-7(14)4-2-1-3-5(16)6(4)8(13)15/h1,3,14-15H,2H2. The van der Waals surface area contributed by atoms with Crippen molar-refractivity contribution in [1.29, 1.82) is 0 Å². The molecule has 1 aromatic heterocycles. The van der Waals surface area contributed by atoms with E-state index in [9.17, 15) is 10.2 Å². The Morgan fingerprint density at radius 2 is 1.88 bits per heavy atom. The number of rotatable bonds is 0. The summed E-state index contributed by atoms with van der Waals surface area (Å²) in [5.74, 6) is -0.610. The summed E-state index contributed by atoms with van der Waals surface area (Å²) in [6.07, 6.45) is 3.87. The van der Waals surface area contributed by atoms with Crippen LogP contribution in [0.15, 0.2) is 12.2 Å². The molecule has 0 radical (unpaired) electrons. The monoisotopic (exact) mass is 297 g/mol. The van der Waals surface area contributed by atoms with Gasteiger partial charge in [0.1, 0.15) is 0 Å². The second-order valence-electron chi connectivity index (χ2n) is 3.27. The average molecular weight is 299 g/mol. The Kier molecular flexibility index (Phi) is 2.87. The molecular formula is C9H6Cl3NO2S. The van der Waals surface area contributed by atoms with E-state index in [-0.39, 0.29) is 11.8 Å². The van der Waals surface area contributed by atoms with Gasteiger partial charge >= 0.3 is 0 Å². The van der Waals surface area contributed by atoms with Gasteiger partial charge in [-0.25, -0.2) is 4.57 Å². The summed E-state index contributed by atoms with van der Waals surface area (Å²) in [7, 11) is 0. The van der Waals surface area contributed by atoms with Gasteiger partial charge in [-0.15, -0.1) is 0 Å².